The SMILES string of the molecule is CN(Cc1ccccc1[N+](=O)[O-])C(=O)C1(N)CCCC1.Cl. The molecule has 2 rings (SSSR count). The second kappa shape index (κ2) is 6.87. The fraction of sp³-hybridized carbons (Fsp3) is 0.500. The molecule has 0 heterocycles. The molecule has 6 nitrogen and oxygen atoms in total. The van der Waals surface area contributed by atoms with Crippen molar-refractivity contribution in [3.63, 3.8) is 0 Å². The van der Waals surface area contributed by atoms with Crippen LogP contribution in [0.1, 0.15) is 31.2 Å². The summed E-state index contributed by atoms with van der Waals surface area (Å²) in [4.78, 5) is 24.4. The van der Waals surface area contributed by atoms with Gasteiger partial charge < -0.3 is 10.6 Å². The summed E-state index contributed by atoms with van der Waals surface area (Å²) in [5.74, 6) is -0.131. The maximum Gasteiger partial charge on any atom is 0.274 e. The zero-order chi connectivity index (χ0) is 14.8. The molecule has 1 aliphatic rings. The number of halogens is 1. The summed E-state index contributed by atoms with van der Waals surface area (Å²) in [6, 6.07) is 6.46. The van der Waals surface area contributed by atoms with Gasteiger partial charge in [0.2, 0.25) is 5.91 Å². The first-order valence-electron chi connectivity index (χ1n) is 6.71. The molecule has 0 aromatic heterocycles. The number of hydrogen-bond donors (Lipinski definition) is 1. The number of hydrogen-bond acceptors (Lipinski definition) is 4. The van der Waals surface area contributed by atoms with Crippen molar-refractivity contribution >= 4 is 24.0 Å². The van der Waals surface area contributed by atoms with Gasteiger partial charge in [0.15, 0.2) is 0 Å². The number of nitro groups is 1. The van der Waals surface area contributed by atoms with Crippen molar-refractivity contribution in [1.82, 2.24) is 4.90 Å². The molecule has 0 atom stereocenters. The molecule has 1 aromatic rings. The standard InChI is InChI=1S/C14H19N3O3.ClH/c1-16(13(18)14(15)8-4-5-9-14)10-11-6-2-3-7-12(11)17(19)20;/h2-3,6-7H,4-5,8-10,15H2,1H3;1H. The Labute approximate surface area is 129 Å². The van der Waals surface area contributed by atoms with E-state index in [1.54, 1.807) is 25.2 Å². The molecular formula is C14H20ClN3O3. The number of carbonyl (C=O) groups is 1. The Morgan fingerprint density at radius 1 is 1.38 bits per heavy atom. The first-order chi connectivity index (χ1) is 9.44. The minimum atomic E-state index is -0.793. The van der Waals surface area contributed by atoms with E-state index >= 15 is 0 Å². The summed E-state index contributed by atoms with van der Waals surface area (Å²) in [6.07, 6.45) is 3.29. The first kappa shape index (κ1) is 17.4. The van der Waals surface area contributed by atoms with Crippen molar-refractivity contribution in [2.75, 3.05) is 7.05 Å². The van der Waals surface area contributed by atoms with Crippen LogP contribution in [0.3, 0.4) is 0 Å². The molecular weight excluding hydrogens is 294 g/mol. The lowest BCUT2D eigenvalue weighted by atomic mass is 9.97. The Balaban J connectivity index is 0.00000220. The lowest BCUT2D eigenvalue weighted by Crippen LogP contribution is -2.52. The molecule has 2 N–H and O–H groups in total. The van der Waals surface area contributed by atoms with Crippen LogP contribution in [0.15, 0.2) is 24.3 Å². The first-order valence-corrected chi connectivity index (χ1v) is 6.71. The van der Waals surface area contributed by atoms with Crippen molar-refractivity contribution in [1.29, 1.82) is 0 Å². The van der Waals surface area contributed by atoms with Crippen LogP contribution >= 0.6 is 12.4 Å². The van der Waals surface area contributed by atoms with E-state index in [-0.39, 0.29) is 30.5 Å². The summed E-state index contributed by atoms with van der Waals surface area (Å²) >= 11 is 0. The van der Waals surface area contributed by atoms with E-state index in [9.17, 15) is 14.9 Å². The predicted octanol–water partition coefficient (Wildman–Crippen LogP) is 2.25. The summed E-state index contributed by atoms with van der Waals surface area (Å²) in [5, 5.41) is 11.0. The van der Waals surface area contributed by atoms with Gasteiger partial charge >= 0.3 is 0 Å². The Morgan fingerprint density at radius 2 is 1.95 bits per heavy atom. The zero-order valence-electron chi connectivity index (χ0n) is 11.9. The monoisotopic (exact) mass is 313 g/mol. The van der Waals surface area contributed by atoms with Gasteiger partial charge in [-0.1, -0.05) is 31.0 Å². The van der Waals surface area contributed by atoms with Gasteiger partial charge in [-0.2, -0.15) is 0 Å². The normalized spacial score (nSPS) is 16.1. The minimum absolute atomic E-state index is 0. The molecule has 0 aliphatic heterocycles. The van der Waals surface area contributed by atoms with E-state index in [4.69, 9.17) is 5.73 Å². The fourth-order valence-corrected chi connectivity index (χ4v) is 2.75. The maximum absolute atomic E-state index is 12.4. The third-order valence-corrected chi connectivity index (χ3v) is 3.86. The molecule has 0 spiro atoms. The minimum Gasteiger partial charge on any atom is -0.340 e. The number of likely N-dealkylation sites (N-methyl/N-ethyl adjacent to an activating group) is 1. The van der Waals surface area contributed by atoms with Crippen molar-refractivity contribution in [2.45, 2.75) is 37.8 Å². The molecule has 7 heteroatoms. The number of amides is 1. The van der Waals surface area contributed by atoms with Crippen LogP contribution in [0.4, 0.5) is 5.69 Å². The van der Waals surface area contributed by atoms with E-state index in [0.29, 0.717) is 18.4 Å². The Bertz CT molecular complexity index is 530. The number of nitro benzene ring substituents is 1. The van der Waals surface area contributed by atoms with Gasteiger partial charge in [0.1, 0.15) is 0 Å². The van der Waals surface area contributed by atoms with E-state index in [1.165, 1.54) is 11.0 Å². The lowest BCUT2D eigenvalue weighted by Gasteiger charge is -2.28. The quantitative estimate of drug-likeness (QED) is 0.682. The Hall–Kier alpha value is -1.66. The summed E-state index contributed by atoms with van der Waals surface area (Å²) in [5.41, 5.74) is 5.89. The Kier molecular flexibility index (Phi) is 5.69. The van der Waals surface area contributed by atoms with Crippen LogP contribution in [0.5, 0.6) is 0 Å². The molecule has 1 fully saturated rings. The molecule has 1 saturated carbocycles. The van der Waals surface area contributed by atoms with Crippen LogP contribution in [-0.2, 0) is 11.3 Å². The molecule has 0 radical (unpaired) electrons. The lowest BCUT2D eigenvalue weighted by molar-refractivity contribution is -0.385. The largest absolute Gasteiger partial charge is 0.340 e. The van der Waals surface area contributed by atoms with Gasteiger partial charge in [-0.05, 0) is 12.8 Å². The highest BCUT2D eigenvalue weighted by Gasteiger charge is 2.39. The van der Waals surface area contributed by atoms with Gasteiger partial charge in [-0.25, -0.2) is 0 Å². The molecule has 1 amide bonds. The smallest absolute Gasteiger partial charge is 0.274 e. The average molecular weight is 314 g/mol. The van der Waals surface area contributed by atoms with Crippen molar-refractivity contribution in [2.24, 2.45) is 5.73 Å². The Morgan fingerprint density at radius 3 is 2.52 bits per heavy atom. The molecule has 0 unspecified atom stereocenters. The summed E-state index contributed by atoms with van der Waals surface area (Å²) in [6.45, 7) is 0.203. The van der Waals surface area contributed by atoms with Crippen LogP contribution in [0.2, 0.25) is 0 Å². The zero-order valence-corrected chi connectivity index (χ0v) is 12.8. The molecule has 116 valence electrons. The molecule has 21 heavy (non-hydrogen) atoms. The number of benzene rings is 1. The second-order valence-corrected chi connectivity index (χ2v) is 5.41. The maximum atomic E-state index is 12.4. The highest BCUT2D eigenvalue weighted by molar-refractivity contribution is 5.86. The number of para-hydroxylation sites is 1. The average Bonchev–Trinajstić information content (AvgIpc) is 2.86. The molecule has 0 saturated heterocycles. The highest BCUT2D eigenvalue weighted by atomic mass is 35.5. The van der Waals surface area contributed by atoms with Gasteiger partial charge in [0.25, 0.3) is 5.69 Å². The van der Waals surface area contributed by atoms with Crippen LogP contribution in [-0.4, -0.2) is 28.3 Å². The second-order valence-electron chi connectivity index (χ2n) is 5.41. The topological polar surface area (TPSA) is 89.5 Å². The molecule has 1 aromatic carbocycles. The summed E-state index contributed by atoms with van der Waals surface area (Å²) < 4.78 is 0. The van der Waals surface area contributed by atoms with E-state index < -0.39 is 10.5 Å². The summed E-state index contributed by atoms with van der Waals surface area (Å²) in [7, 11) is 1.64. The third kappa shape index (κ3) is 3.71. The van der Waals surface area contributed by atoms with Gasteiger partial charge in [0.05, 0.1) is 17.0 Å². The number of nitrogens with zero attached hydrogens (tertiary/aromatic N) is 2. The van der Waals surface area contributed by atoms with Crippen LogP contribution < -0.4 is 5.73 Å². The molecule has 0 bridgehead atoms. The van der Waals surface area contributed by atoms with E-state index in [0.717, 1.165) is 12.8 Å². The van der Waals surface area contributed by atoms with Gasteiger partial charge in [-0.3, -0.25) is 14.9 Å². The number of carbonyl (C=O) groups excluding carboxylic acids is 1. The van der Waals surface area contributed by atoms with Crippen LogP contribution in [0.25, 0.3) is 0 Å². The van der Waals surface area contributed by atoms with Crippen molar-refractivity contribution < 1.29 is 9.72 Å². The molecule has 1 aliphatic carbocycles. The predicted molar refractivity (Wildman–Crippen MR) is 82.2 cm³/mol. The van der Waals surface area contributed by atoms with Crippen molar-refractivity contribution in [3.8, 4) is 0 Å². The number of rotatable bonds is 4. The van der Waals surface area contributed by atoms with Gasteiger partial charge in [0, 0.05) is 18.7 Å². The third-order valence-electron chi connectivity index (χ3n) is 3.86. The van der Waals surface area contributed by atoms with Crippen LogP contribution in [0, 0.1) is 10.1 Å². The van der Waals surface area contributed by atoms with Gasteiger partial charge in [-0.15, -0.1) is 12.4 Å². The fourth-order valence-electron chi connectivity index (χ4n) is 2.75. The number of nitrogens with two attached hydrogens (primary N) is 1. The highest BCUT2D eigenvalue weighted by Crippen LogP contribution is 2.29. The van der Waals surface area contributed by atoms with Crippen molar-refractivity contribution in [3.05, 3.63) is 39.9 Å². The van der Waals surface area contributed by atoms with E-state index in [2.05, 4.69) is 0 Å². The van der Waals surface area contributed by atoms with E-state index in [1.807, 2.05) is 0 Å².